The van der Waals surface area contributed by atoms with E-state index >= 15 is 0 Å². The largest absolute Gasteiger partial charge is 0.496 e. The highest BCUT2D eigenvalue weighted by Gasteiger charge is 2.10. The quantitative estimate of drug-likeness (QED) is 0.744. The number of hydrogen-bond acceptors (Lipinski definition) is 3. The van der Waals surface area contributed by atoms with E-state index in [9.17, 15) is 0 Å². The van der Waals surface area contributed by atoms with E-state index in [1.165, 1.54) is 12.0 Å². The fourth-order valence-corrected chi connectivity index (χ4v) is 2.94. The van der Waals surface area contributed by atoms with Crippen LogP contribution in [0.1, 0.15) is 25.8 Å². The van der Waals surface area contributed by atoms with Crippen LogP contribution >= 0.6 is 15.9 Å². The van der Waals surface area contributed by atoms with Crippen LogP contribution in [0.15, 0.2) is 22.7 Å². The fourth-order valence-electron chi connectivity index (χ4n) is 2.35. The van der Waals surface area contributed by atoms with Crippen molar-refractivity contribution in [1.82, 2.24) is 10.2 Å². The lowest BCUT2D eigenvalue weighted by atomic mass is 10.0. The minimum Gasteiger partial charge on any atom is -0.496 e. The summed E-state index contributed by atoms with van der Waals surface area (Å²) in [5, 5.41) is 3.43. The molecule has 0 saturated carbocycles. The molecule has 0 heterocycles. The Morgan fingerprint density at radius 3 is 2.50 bits per heavy atom. The molecule has 20 heavy (non-hydrogen) atoms. The molecule has 0 amide bonds. The van der Waals surface area contributed by atoms with E-state index < -0.39 is 0 Å². The van der Waals surface area contributed by atoms with Gasteiger partial charge in [-0.05, 0) is 73.1 Å². The maximum Gasteiger partial charge on any atom is 0.133 e. The molecule has 0 aromatic heterocycles. The Labute approximate surface area is 131 Å². The molecule has 0 spiro atoms. The third-order valence-electron chi connectivity index (χ3n) is 3.79. The van der Waals surface area contributed by atoms with E-state index in [0.717, 1.165) is 36.3 Å². The second-order valence-electron chi connectivity index (χ2n) is 4.97. The molecule has 0 aliphatic heterocycles. The summed E-state index contributed by atoms with van der Waals surface area (Å²) in [6.45, 7) is 7.84. The van der Waals surface area contributed by atoms with Gasteiger partial charge in [0.15, 0.2) is 0 Å². The highest BCUT2D eigenvalue weighted by atomic mass is 79.9. The van der Waals surface area contributed by atoms with Crippen LogP contribution in [-0.4, -0.2) is 44.7 Å². The van der Waals surface area contributed by atoms with Crippen LogP contribution in [0.4, 0.5) is 0 Å². The summed E-state index contributed by atoms with van der Waals surface area (Å²) in [4.78, 5) is 2.47. The first-order chi connectivity index (χ1) is 9.64. The molecule has 0 fully saturated rings. The Morgan fingerprint density at radius 2 is 2.00 bits per heavy atom. The predicted molar refractivity (Wildman–Crippen MR) is 89.7 cm³/mol. The van der Waals surface area contributed by atoms with Crippen LogP contribution in [0.25, 0.3) is 0 Å². The number of hydrogen-bond donors (Lipinski definition) is 1. The zero-order chi connectivity index (χ0) is 15.0. The summed E-state index contributed by atoms with van der Waals surface area (Å²) in [5.41, 5.74) is 1.33. The summed E-state index contributed by atoms with van der Waals surface area (Å²) in [6, 6.07) is 6.83. The van der Waals surface area contributed by atoms with Gasteiger partial charge in [-0.25, -0.2) is 0 Å². The highest BCUT2D eigenvalue weighted by Crippen LogP contribution is 2.26. The molecule has 1 unspecified atom stereocenters. The van der Waals surface area contributed by atoms with Crippen LogP contribution in [0.3, 0.4) is 0 Å². The lowest BCUT2D eigenvalue weighted by Crippen LogP contribution is -2.33. The summed E-state index contributed by atoms with van der Waals surface area (Å²) in [5.74, 6) is 0.887. The lowest BCUT2D eigenvalue weighted by molar-refractivity contribution is 0.283. The van der Waals surface area contributed by atoms with E-state index in [4.69, 9.17) is 4.74 Å². The molecule has 1 N–H and O–H groups in total. The number of benzene rings is 1. The van der Waals surface area contributed by atoms with Crippen molar-refractivity contribution in [3.8, 4) is 5.75 Å². The number of likely N-dealkylation sites (N-methyl/N-ethyl adjacent to an activating group) is 1. The van der Waals surface area contributed by atoms with Crippen molar-refractivity contribution < 1.29 is 4.74 Å². The van der Waals surface area contributed by atoms with Crippen LogP contribution in [0.5, 0.6) is 5.75 Å². The Balaban J connectivity index is 2.57. The molecular formula is C16H27BrN2O. The van der Waals surface area contributed by atoms with Gasteiger partial charge in [0.05, 0.1) is 11.6 Å². The molecule has 4 heteroatoms. The molecular weight excluding hydrogens is 316 g/mol. The molecule has 1 atom stereocenters. The lowest BCUT2D eigenvalue weighted by Gasteiger charge is -2.22. The van der Waals surface area contributed by atoms with Gasteiger partial charge in [0, 0.05) is 6.04 Å². The number of ether oxygens (including phenoxy) is 1. The SMILES string of the molecule is CCN(CC)CCC(Cc1ccc(OC)c(Br)c1)NC. The molecule has 1 aromatic carbocycles. The fraction of sp³-hybridized carbons (Fsp3) is 0.625. The Bertz CT molecular complexity index is 394. The first-order valence-corrected chi connectivity index (χ1v) is 8.15. The second kappa shape index (κ2) is 9.37. The molecule has 1 rings (SSSR count). The van der Waals surface area contributed by atoms with Gasteiger partial charge >= 0.3 is 0 Å². The molecule has 0 bridgehead atoms. The molecule has 0 aliphatic rings. The van der Waals surface area contributed by atoms with Gasteiger partial charge < -0.3 is 15.0 Å². The summed E-state index contributed by atoms with van der Waals surface area (Å²) >= 11 is 3.55. The first-order valence-electron chi connectivity index (χ1n) is 7.36. The monoisotopic (exact) mass is 342 g/mol. The predicted octanol–water partition coefficient (Wildman–Crippen LogP) is 3.32. The number of halogens is 1. The van der Waals surface area contributed by atoms with Crippen molar-refractivity contribution in [2.75, 3.05) is 33.8 Å². The van der Waals surface area contributed by atoms with Gasteiger partial charge in [-0.15, -0.1) is 0 Å². The molecule has 3 nitrogen and oxygen atoms in total. The Kier molecular flexibility index (Phi) is 8.19. The van der Waals surface area contributed by atoms with E-state index in [2.05, 4.69) is 52.1 Å². The van der Waals surface area contributed by atoms with E-state index in [1.807, 2.05) is 13.1 Å². The Morgan fingerprint density at radius 1 is 1.30 bits per heavy atom. The van der Waals surface area contributed by atoms with Crippen molar-refractivity contribution in [1.29, 1.82) is 0 Å². The van der Waals surface area contributed by atoms with Gasteiger partial charge in [0.1, 0.15) is 5.75 Å². The number of nitrogens with one attached hydrogen (secondary N) is 1. The maximum atomic E-state index is 5.27. The zero-order valence-electron chi connectivity index (χ0n) is 13.1. The molecule has 1 aromatic rings. The standard InChI is InChI=1S/C16H27BrN2O/c1-5-19(6-2)10-9-14(18-3)11-13-7-8-16(20-4)15(17)12-13/h7-8,12,14,18H,5-6,9-11H2,1-4H3. The topological polar surface area (TPSA) is 24.5 Å². The van der Waals surface area contributed by atoms with Crippen molar-refractivity contribution >= 4 is 15.9 Å². The highest BCUT2D eigenvalue weighted by molar-refractivity contribution is 9.10. The van der Waals surface area contributed by atoms with E-state index in [0.29, 0.717) is 6.04 Å². The zero-order valence-corrected chi connectivity index (χ0v) is 14.7. The summed E-state index contributed by atoms with van der Waals surface area (Å²) in [6.07, 6.45) is 2.21. The van der Waals surface area contributed by atoms with Crippen molar-refractivity contribution in [3.05, 3.63) is 28.2 Å². The summed E-state index contributed by atoms with van der Waals surface area (Å²) in [7, 11) is 3.74. The minimum atomic E-state index is 0.510. The van der Waals surface area contributed by atoms with Crippen LogP contribution < -0.4 is 10.1 Å². The summed E-state index contributed by atoms with van der Waals surface area (Å²) < 4.78 is 6.29. The van der Waals surface area contributed by atoms with E-state index in [1.54, 1.807) is 7.11 Å². The molecule has 0 saturated heterocycles. The average molecular weight is 343 g/mol. The molecule has 0 aliphatic carbocycles. The maximum absolute atomic E-state index is 5.27. The van der Waals surface area contributed by atoms with Gasteiger partial charge in [-0.1, -0.05) is 19.9 Å². The molecule has 0 radical (unpaired) electrons. The third-order valence-corrected chi connectivity index (χ3v) is 4.41. The molecule has 114 valence electrons. The van der Waals surface area contributed by atoms with Crippen molar-refractivity contribution in [2.24, 2.45) is 0 Å². The smallest absolute Gasteiger partial charge is 0.133 e. The first kappa shape index (κ1) is 17.5. The Hall–Kier alpha value is -0.580. The van der Waals surface area contributed by atoms with Crippen LogP contribution in [0.2, 0.25) is 0 Å². The van der Waals surface area contributed by atoms with Crippen molar-refractivity contribution in [3.63, 3.8) is 0 Å². The number of methoxy groups -OCH3 is 1. The average Bonchev–Trinajstić information content (AvgIpc) is 2.47. The van der Waals surface area contributed by atoms with Gasteiger partial charge in [0.25, 0.3) is 0 Å². The van der Waals surface area contributed by atoms with Crippen molar-refractivity contribution in [2.45, 2.75) is 32.7 Å². The minimum absolute atomic E-state index is 0.510. The van der Waals surface area contributed by atoms with E-state index in [-0.39, 0.29) is 0 Å². The van der Waals surface area contributed by atoms with Gasteiger partial charge in [-0.3, -0.25) is 0 Å². The number of rotatable bonds is 9. The number of nitrogens with zero attached hydrogens (tertiary/aromatic N) is 1. The van der Waals surface area contributed by atoms with Gasteiger partial charge in [-0.2, -0.15) is 0 Å². The third kappa shape index (κ3) is 5.43. The normalized spacial score (nSPS) is 12.7. The van der Waals surface area contributed by atoms with Crippen LogP contribution in [-0.2, 0) is 6.42 Å². The second-order valence-corrected chi connectivity index (χ2v) is 5.83. The van der Waals surface area contributed by atoms with Crippen LogP contribution in [0, 0.1) is 0 Å². The van der Waals surface area contributed by atoms with Gasteiger partial charge in [0.2, 0.25) is 0 Å².